The fourth-order valence-corrected chi connectivity index (χ4v) is 2.43. The number of ether oxygens (including phenoxy) is 1. The topological polar surface area (TPSA) is 48.1 Å². The molecule has 5 heteroatoms. The number of anilines is 1. The number of para-hydroxylation sites is 1. The Kier molecular flexibility index (Phi) is 3.86. The number of pyridine rings is 1. The molecule has 106 valence electrons. The lowest BCUT2D eigenvalue weighted by Gasteiger charge is -2.11. The maximum Gasteiger partial charge on any atom is 0.144 e. The van der Waals surface area contributed by atoms with Crippen LogP contribution in [0, 0.1) is 0 Å². The van der Waals surface area contributed by atoms with Gasteiger partial charge in [-0.05, 0) is 18.2 Å². The van der Waals surface area contributed by atoms with Gasteiger partial charge in [0, 0.05) is 23.2 Å². The monoisotopic (exact) mass is 318 g/mol. The first-order valence-electron chi connectivity index (χ1n) is 6.35. The molecule has 0 saturated heterocycles. The molecule has 3 aromatic rings. The summed E-state index contributed by atoms with van der Waals surface area (Å²) in [5.74, 6) is 0.519. The Morgan fingerprint density at radius 2 is 1.81 bits per heavy atom. The highest BCUT2D eigenvalue weighted by molar-refractivity contribution is 6.42. The Labute approximate surface area is 132 Å². The Morgan fingerprint density at radius 3 is 2.67 bits per heavy atom. The Balaban J connectivity index is 1.89. The highest BCUT2D eigenvalue weighted by atomic mass is 35.5. The lowest BCUT2D eigenvalue weighted by atomic mass is 10.1. The van der Waals surface area contributed by atoms with Crippen LogP contribution in [0.5, 0.6) is 5.75 Å². The molecule has 21 heavy (non-hydrogen) atoms. The molecule has 1 aromatic heterocycles. The van der Waals surface area contributed by atoms with Gasteiger partial charge in [-0.25, -0.2) is 0 Å². The molecule has 3 nitrogen and oxygen atoms in total. The van der Waals surface area contributed by atoms with Gasteiger partial charge in [0.2, 0.25) is 0 Å². The first-order valence-corrected chi connectivity index (χ1v) is 7.10. The number of halogens is 2. The Morgan fingerprint density at radius 1 is 1.05 bits per heavy atom. The maximum atomic E-state index is 5.99. The second-order valence-corrected chi connectivity index (χ2v) is 5.39. The standard InChI is InChI=1S/C16H12Cl2N2O/c17-12-7-14(19)16(8-13(12)18)21-9-10-5-6-20-15-4-2-1-3-11(10)15/h1-8H,9,19H2. The molecule has 0 aliphatic rings. The van der Waals surface area contributed by atoms with Gasteiger partial charge >= 0.3 is 0 Å². The van der Waals surface area contributed by atoms with E-state index >= 15 is 0 Å². The highest BCUT2D eigenvalue weighted by Gasteiger charge is 2.08. The average Bonchev–Trinajstić information content (AvgIpc) is 2.49. The van der Waals surface area contributed by atoms with Crippen molar-refractivity contribution in [1.82, 2.24) is 4.98 Å². The number of nitrogens with two attached hydrogens (primary N) is 1. The molecule has 0 radical (unpaired) electrons. The number of nitrogens with zero attached hydrogens (tertiary/aromatic N) is 1. The van der Waals surface area contributed by atoms with Crippen LogP contribution >= 0.6 is 23.2 Å². The van der Waals surface area contributed by atoms with E-state index in [1.54, 1.807) is 18.3 Å². The van der Waals surface area contributed by atoms with Crippen molar-refractivity contribution in [1.29, 1.82) is 0 Å². The summed E-state index contributed by atoms with van der Waals surface area (Å²) >= 11 is 11.9. The van der Waals surface area contributed by atoms with Crippen LogP contribution in [0.1, 0.15) is 5.56 Å². The van der Waals surface area contributed by atoms with Gasteiger partial charge in [-0.1, -0.05) is 41.4 Å². The zero-order valence-corrected chi connectivity index (χ0v) is 12.5. The van der Waals surface area contributed by atoms with Gasteiger partial charge in [0.1, 0.15) is 12.4 Å². The molecule has 0 saturated carbocycles. The van der Waals surface area contributed by atoms with Crippen LogP contribution in [0.2, 0.25) is 10.0 Å². The van der Waals surface area contributed by atoms with Crippen LogP contribution < -0.4 is 10.5 Å². The Bertz CT molecular complexity index is 800. The third-order valence-corrected chi connectivity index (χ3v) is 3.90. The minimum atomic E-state index is 0.380. The van der Waals surface area contributed by atoms with E-state index in [9.17, 15) is 0 Å². The van der Waals surface area contributed by atoms with E-state index in [4.69, 9.17) is 33.7 Å². The summed E-state index contributed by atoms with van der Waals surface area (Å²) in [6, 6.07) is 13.0. The molecule has 0 fully saturated rings. The average molecular weight is 319 g/mol. The van der Waals surface area contributed by atoms with Crippen molar-refractivity contribution in [2.24, 2.45) is 0 Å². The minimum absolute atomic E-state index is 0.380. The van der Waals surface area contributed by atoms with Crippen LogP contribution in [-0.2, 0) is 6.61 Å². The molecule has 0 bridgehead atoms. The van der Waals surface area contributed by atoms with E-state index in [2.05, 4.69) is 4.98 Å². The number of aromatic nitrogens is 1. The van der Waals surface area contributed by atoms with Crippen molar-refractivity contribution in [3.63, 3.8) is 0 Å². The number of nitrogen functional groups attached to an aromatic ring is 1. The SMILES string of the molecule is Nc1cc(Cl)c(Cl)cc1OCc1ccnc2ccccc12. The summed E-state index contributed by atoms with van der Waals surface area (Å²) in [7, 11) is 0. The van der Waals surface area contributed by atoms with Gasteiger partial charge < -0.3 is 10.5 Å². The summed E-state index contributed by atoms with van der Waals surface area (Å²) in [6.45, 7) is 0.380. The fraction of sp³-hybridized carbons (Fsp3) is 0.0625. The molecule has 0 amide bonds. The van der Waals surface area contributed by atoms with Gasteiger partial charge in [-0.2, -0.15) is 0 Å². The zero-order valence-electron chi connectivity index (χ0n) is 11.0. The fourth-order valence-electron chi connectivity index (χ4n) is 2.11. The molecule has 3 rings (SSSR count). The first kappa shape index (κ1) is 14.0. The van der Waals surface area contributed by atoms with Gasteiger partial charge in [-0.3, -0.25) is 4.98 Å². The van der Waals surface area contributed by atoms with E-state index in [0.717, 1.165) is 16.5 Å². The van der Waals surface area contributed by atoms with Gasteiger partial charge in [-0.15, -0.1) is 0 Å². The van der Waals surface area contributed by atoms with E-state index in [1.165, 1.54) is 0 Å². The van der Waals surface area contributed by atoms with Crippen molar-refractivity contribution in [3.8, 4) is 5.75 Å². The van der Waals surface area contributed by atoms with Crippen LogP contribution in [-0.4, -0.2) is 4.98 Å². The number of rotatable bonds is 3. The molecule has 1 heterocycles. The van der Waals surface area contributed by atoms with Crippen molar-refractivity contribution < 1.29 is 4.74 Å². The largest absolute Gasteiger partial charge is 0.487 e. The second-order valence-electron chi connectivity index (χ2n) is 4.58. The normalized spacial score (nSPS) is 10.8. The van der Waals surface area contributed by atoms with Crippen molar-refractivity contribution in [2.75, 3.05) is 5.73 Å². The molecule has 2 N–H and O–H groups in total. The van der Waals surface area contributed by atoms with E-state index < -0.39 is 0 Å². The summed E-state index contributed by atoms with van der Waals surface area (Å²) in [5, 5.41) is 1.88. The van der Waals surface area contributed by atoms with E-state index in [-0.39, 0.29) is 0 Å². The molecule has 0 spiro atoms. The second kappa shape index (κ2) is 5.80. The molecular formula is C16H12Cl2N2O. The highest BCUT2D eigenvalue weighted by Crippen LogP contribution is 2.33. The third-order valence-electron chi connectivity index (χ3n) is 3.18. The number of fused-ring (bicyclic) bond motifs is 1. The number of hydrogen-bond acceptors (Lipinski definition) is 3. The smallest absolute Gasteiger partial charge is 0.144 e. The molecule has 0 atom stereocenters. The molecular weight excluding hydrogens is 307 g/mol. The first-order chi connectivity index (χ1) is 10.1. The van der Waals surface area contributed by atoms with Crippen LogP contribution in [0.4, 0.5) is 5.69 Å². The molecule has 0 aliphatic carbocycles. The zero-order chi connectivity index (χ0) is 14.8. The quantitative estimate of drug-likeness (QED) is 0.712. The predicted octanol–water partition coefficient (Wildman–Crippen LogP) is 4.70. The maximum absolute atomic E-state index is 5.99. The van der Waals surface area contributed by atoms with Crippen LogP contribution in [0.25, 0.3) is 10.9 Å². The lowest BCUT2D eigenvalue weighted by molar-refractivity contribution is 0.309. The van der Waals surface area contributed by atoms with Gasteiger partial charge in [0.25, 0.3) is 0 Å². The van der Waals surface area contributed by atoms with E-state index in [0.29, 0.717) is 28.1 Å². The van der Waals surface area contributed by atoms with Gasteiger partial charge in [0.15, 0.2) is 0 Å². The third kappa shape index (κ3) is 2.89. The van der Waals surface area contributed by atoms with Crippen LogP contribution in [0.3, 0.4) is 0 Å². The molecule has 0 unspecified atom stereocenters. The predicted molar refractivity (Wildman–Crippen MR) is 86.9 cm³/mol. The molecule has 0 aliphatic heterocycles. The summed E-state index contributed by atoms with van der Waals surface area (Å²) in [4.78, 5) is 4.32. The van der Waals surface area contributed by atoms with Crippen molar-refractivity contribution in [3.05, 3.63) is 64.3 Å². The lowest BCUT2D eigenvalue weighted by Crippen LogP contribution is -2.00. The summed E-state index contributed by atoms with van der Waals surface area (Å²) in [5.41, 5.74) is 8.31. The number of hydrogen-bond donors (Lipinski definition) is 1. The Hall–Kier alpha value is -1.97. The van der Waals surface area contributed by atoms with Crippen molar-refractivity contribution in [2.45, 2.75) is 6.61 Å². The van der Waals surface area contributed by atoms with Gasteiger partial charge in [0.05, 0.1) is 21.2 Å². The van der Waals surface area contributed by atoms with E-state index in [1.807, 2.05) is 30.3 Å². The minimum Gasteiger partial charge on any atom is -0.487 e. The summed E-state index contributed by atoms with van der Waals surface area (Å²) < 4.78 is 5.77. The van der Waals surface area contributed by atoms with Crippen LogP contribution in [0.15, 0.2) is 48.7 Å². The summed E-state index contributed by atoms with van der Waals surface area (Å²) in [6.07, 6.45) is 1.76. The molecule has 2 aromatic carbocycles. The van der Waals surface area contributed by atoms with Crippen molar-refractivity contribution >= 4 is 39.8 Å². The number of benzene rings is 2.